The third kappa shape index (κ3) is 3.09. The van der Waals surface area contributed by atoms with Crippen LogP contribution < -0.4 is 5.32 Å². The summed E-state index contributed by atoms with van der Waals surface area (Å²) in [7, 11) is 0. The largest absolute Gasteiger partial charge is 0.310 e. The maximum atomic E-state index is 13.6. The lowest BCUT2D eigenvalue weighted by Crippen LogP contribution is -2.35. The van der Waals surface area contributed by atoms with Gasteiger partial charge in [0.1, 0.15) is 0 Å². The van der Waals surface area contributed by atoms with Gasteiger partial charge in [0.15, 0.2) is 0 Å². The van der Waals surface area contributed by atoms with Crippen LogP contribution in [0.15, 0.2) is 11.4 Å². The molecular weight excluding hydrogens is 252 g/mol. The summed E-state index contributed by atoms with van der Waals surface area (Å²) in [6, 6.07) is 2.17. The minimum Gasteiger partial charge on any atom is -0.310 e. The summed E-state index contributed by atoms with van der Waals surface area (Å²) >= 11 is 1.69. The van der Waals surface area contributed by atoms with Crippen LogP contribution in [0.25, 0.3) is 0 Å². The first-order valence-corrected chi connectivity index (χ1v) is 7.56. The van der Waals surface area contributed by atoms with Crippen LogP contribution in [-0.2, 0) is 0 Å². The van der Waals surface area contributed by atoms with Crippen LogP contribution in [0.4, 0.5) is 8.78 Å². The number of rotatable bonds is 4. The molecule has 0 bridgehead atoms. The Morgan fingerprint density at radius 2 is 2.33 bits per heavy atom. The molecule has 2 atom stereocenters. The van der Waals surface area contributed by atoms with Crippen LogP contribution in [-0.4, -0.2) is 12.5 Å². The highest BCUT2D eigenvalue weighted by atomic mass is 32.1. The van der Waals surface area contributed by atoms with Crippen molar-refractivity contribution in [2.24, 2.45) is 5.92 Å². The molecule has 1 heterocycles. The predicted octanol–water partition coefficient (Wildman–Crippen LogP) is 4.53. The molecule has 0 aromatic carbocycles. The average Bonchev–Trinajstić information content (AvgIpc) is 2.71. The van der Waals surface area contributed by atoms with Gasteiger partial charge in [0.05, 0.1) is 0 Å². The van der Waals surface area contributed by atoms with E-state index < -0.39 is 5.92 Å². The lowest BCUT2D eigenvalue weighted by molar-refractivity contribution is -0.0583. The summed E-state index contributed by atoms with van der Waals surface area (Å²) in [4.78, 5) is 1.25. The van der Waals surface area contributed by atoms with Gasteiger partial charge in [0.2, 0.25) is 5.92 Å². The van der Waals surface area contributed by atoms with E-state index in [1.807, 2.05) is 6.92 Å². The first-order chi connectivity index (χ1) is 8.53. The maximum Gasteiger partial charge on any atom is 0.248 e. The number of thiophene rings is 1. The highest BCUT2D eigenvalue weighted by Gasteiger charge is 2.39. The standard InChI is InChI=1S/C14H21F2NS/c1-3-17-13(12-6-8-18-10(12)2)11-5-4-7-14(15,16)9-11/h6,8,11,13,17H,3-5,7,9H2,1-2H3. The molecule has 0 spiro atoms. The van der Waals surface area contributed by atoms with Crippen LogP contribution in [0.1, 0.15) is 49.1 Å². The number of halogens is 2. The molecular formula is C14H21F2NS. The highest BCUT2D eigenvalue weighted by Crippen LogP contribution is 2.43. The Kier molecular flexibility index (Phi) is 4.38. The average molecular weight is 273 g/mol. The zero-order valence-electron chi connectivity index (χ0n) is 11.0. The van der Waals surface area contributed by atoms with Gasteiger partial charge >= 0.3 is 0 Å². The summed E-state index contributed by atoms with van der Waals surface area (Å²) in [5.74, 6) is -2.41. The zero-order chi connectivity index (χ0) is 13.2. The van der Waals surface area contributed by atoms with E-state index in [4.69, 9.17) is 0 Å². The van der Waals surface area contributed by atoms with Gasteiger partial charge in [-0.1, -0.05) is 6.92 Å². The second-order valence-electron chi connectivity index (χ2n) is 5.18. The van der Waals surface area contributed by atoms with Crippen LogP contribution in [0, 0.1) is 12.8 Å². The van der Waals surface area contributed by atoms with Gasteiger partial charge in [0.25, 0.3) is 0 Å². The molecule has 1 fully saturated rings. The maximum absolute atomic E-state index is 13.6. The Balaban J connectivity index is 2.17. The highest BCUT2D eigenvalue weighted by molar-refractivity contribution is 7.10. The van der Waals surface area contributed by atoms with E-state index in [1.165, 1.54) is 10.4 Å². The molecule has 0 amide bonds. The number of hydrogen-bond donors (Lipinski definition) is 1. The van der Waals surface area contributed by atoms with E-state index in [1.54, 1.807) is 11.3 Å². The van der Waals surface area contributed by atoms with Crippen molar-refractivity contribution in [1.82, 2.24) is 5.32 Å². The van der Waals surface area contributed by atoms with Crippen molar-refractivity contribution >= 4 is 11.3 Å². The van der Waals surface area contributed by atoms with Crippen molar-refractivity contribution in [3.63, 3.8) is 0 Å². The summed E-state index contributed by atoms with van der Waals surface area (Å²) in [5, 5.41) is 5.46. The lowest BCUT2D eigenvalue weighted by atomic mass is 9.79. The number of aryl methyl sites for hydroxylation is 1. The van der Waals surface area contributed by atoms with E-state index in [-0.39, 0.29) is 24.8 Å². The fraction of sp³-hybridized carbons (Fsp3) is 0.714. The fourth-order valence-electron chi connectivity index (χ4n) is 2.96. The third-order valence-electron chi connectivity index (χ3n) is 3.81. The normalized spacial score (nSPS) is 25.0. The Labute approximate surface area is 112 Å². The summed E-state index contributed by atoms with van der Waals surface area (Å²) in [6.07, 6.45) is 1.64. The minimum absolute atomic E-state index is 0.0277. The summed E-state index contributed by atoms with van der Waals surface area (Å²) in [5.41, 5.74) is 1.21. The number of hydrogen-bond acceptors (Lipinski definition) is 2. The van der Waals surface area contributed by atoms with E-state index in [9.17, 15) is 8.78 Å². The lowest BCUT2D eigenvalue weighted by Gasteiger charge is -2.35. The van der Waals surface area contributed by atoms with Crippen molar-refractivity contribution in [3.8, 4) is 0 Å². The molecule has 2 rings (SSSR count). The quantitative estimate of drug-likeness (QED) is 0.849. The smallest absolute Gasteiger partial charge is 0.248 e. The Morgan fingerprint density at radius 1 is 1.56 bits per heavy atom. The molecule has 18 heavy (non-hydrogen) atoms. The molecule has 1 N–H and O–H groups in total. The zero-order valence-corrected chi connectivity index (χ0v) is 11.8. The van der Waals surface area contributed by atoms with E-state index in [2.05, 4.69) is 23.7 Å². The molecule has 1 saturated carbocycles. The van der Waals surface area contributed by atoms with Crippen LogP contribution in [0.3, 0.4) is 0 Å². The summed E-state index contributed by atoms with van der Waals surface area (Å²) in [6.45, 7) is 4.93. The van der Waals surface area contributed by atoms with Crippen molar-refractivity contribution in [2.45, 2.75) is 51.5 Å². The van der Waals surface area contributed by atoms with Gasteiger partial charge in [0, 0.05) is 23.8 Å². The van der Waals surface area contributed by atoms with Crippen LogP contribution in [0.5, 0.6) is 0 Å². The van der Waals surface area contributed by atoms with Crippen molar-refractivity contribution in [3.05, 3.63) is 21.9 Å². The van der Waals surface area contributed by atoms with Gasteiger partial charge < -0.3 is 5.32 Å². The fourth-order valence-corrected chi connectivity index (χ4v) is 3.71. The molecule has 1 aromatic heterocycles. The third-order valence-corrected chi connectivity index (χ3v) is 4.67. The molecule has 1 aliphatic carbocycles. The molecule has 102 valence electrons. The second kappa shape index (κ2) is 5.66. The van der Waals surface area contributed by atoms with Gasteiger partial charge in [-0.25, -0.2) is 8.78 Å². The van der Waals surface area contributed by atoms with Crippen molar-refractivity contribution in [2.75, 3.05) is 6.54 Å². The van der Waals surface area contributed by atoms with E-state index in [0.717, 1.165) is 13.0 Å². The first-order valence-electron chi connectivity index (χ1n) is 6.68. The first kappa shape index (κ1) is 13.9. The Morgan fingerprint density at radius 3 is 2.89 bits per heavy atom. The molecule has 1 aliphatic rings. The molecule has 1 nitrogen and oxygen atoms in total. The molecule has 1 aromatic rings. The molecule has 0 radical (unpaired) electrons. The molecule has 0 aliphatic heterocycles. The van der Waals surface area contributed by atoms with Gasteiger partial charge in [-0.15, -0.1) is 11.3 Å². The minimum atomic E-state index is -2.47. The van der Waals surface area contributed by atoms with Crippen molar-refractivity contribution in [1.29, 1.82) is 0 Å². The topological polar surface area (TPSA) is 12.0 Å². The second-order valence-corrected chi connectivity index (χ2v) is 6.30. The van der Waals surface area contributed by atoms with Gasteiger partial charge in [-0.2, -0.15) is 0 Å². The van der Waals surface area contributed by atoms with E-state index in [0.29, 0.717) is 6.42 Å². The van der Waals surface area contributed by atoms with Crippen molar-refractivity contribution < 1.29 is 8.78 Å². The monoisotopic (exact) mass is 273 g/mol. The van der Waals surface area contributed by atoms with Crippen LogP contribution >= 0.6 is 11.3 Å². The molecule has 2 unspecified atom stereocenters. The van der Waals surface area contributed by atoms with E-state index >= 15 is 0 Å². The Bertz CT molecular complexity index is 389. The number of alkyl halides is 2. The predicted molar refractivity (Wildman–Crippen MR) is 72.4 cm³/mol. The van der Waals surface area contributed by atoms with Crippen LogP contribution in [0.2, 0.25) is 0 Å². The molecule has 0 saturated heterocycles. The van der Waals surface area contributed by atoms with Gasteiger partial charge in [-0.3, -0.25) is 0 Å². The van der Waals surface area contributed by atoms with Gasteiger partial charge in [-0.05, 0) is 49.2 Å². The summed E-state index contributed by atoms with van der Waals surface area (Å²) < 4.78 is 27.1. The molecule has 4 heteroatoms. The Hall–Kier alpha value is -0.480. The SMILES string of the molecule is CCNC(c1ccsc1C)C1CCCC(F)(F)C1. The number of nitrogens with one attached hydrogen (secondary N) is 1.